The molecule has 47 heavy (non-hydrogen) atoms. The van der Waals surface area contributed by atoms with Crippen molar-refractivity contribution in [1.29, 1.82) is 0 Å². The Morgan fingerprint density at radius 1 is 0.468 bits per heavy atom. The molecule has 2 aliphatic carbocycles. The van der Waals surface area contributed by atoms with Gasteiger partial charge in [0.15, 0.2) is 0 Å². The Balaban J connectivity index is 1.21. The Labute approximate surface area is 284 Å². The second kappa shape index (κ2) is 11.4. The van der Waals surface area contributed by atoms with E-state index in [0.29, 0.717) is 0 Å². The van der Waals surface area contributed by atoms with E-state index < -0.39 is 0 Å². The number of hydrogen-bond donors (Lipinski definition) is 0. The molecule has 7 aromatic rings. The molecule has 2 aliphatic rings. The minimum absolute atomic E-state index is 0.197. The van der Waals surface area contributed by atoms with E-state index in [1.165, 1.54) is 117 Å². The van der Waals surface area contributed by atoms with Gasteiger partial charge in [0.05, 0.1) is 0 Å². The highest BCUT2D eigenvalue weighted by molar-refractivity contribution is 7.20. The lowest BCUT2D eigenvalue weighted by atomic mass is 9.96. The summed E-state index contributed by atoms with van der Waals surface area (Å²) in [5, 5.41) is 2.78. The Bertz CT molecular complexity index is 2160. The van der Waals surface area contributed by atoms with Gasteiger partial charge in [-0.05, 0) is 99.2 Å². The number of unbranched alkanes of at least 4 members (excludes halogenated alkanes) is 2. The molecule has 5 aromatic carbocycles. The molecule has 2 aromatic heterocycles. The summed E-state index contributed by atoms with van der Waals surface area (Å²) >= 11 is 3.77. The van der Waals surface area contributed by atoms with E-state index in [0.717, 1.165) is 18.4 Å². The summed E-state index contributed by atoms with van der Waals surface area (Å²) in [7, 11) is 0. The van der Waals surface area contributed by atoms with Crippen LogP contribution >= 0.6 is 22.7 Å². The third kappa shape index (κ3) is 4.58. The molecule has 0 saturated carbocycles. The molecule has 0 bridgehead atoms. The van der Waals surface area contributed by atoms with Crippen molar-refractivity contribution < 1.29 is 4.39 Å². The molecule has 3 heteroatoms. The quantitative estimate of drug-likeness (QED) is 0.146. The monoisotopic (exact) mass is 646 g/mol. The van der Waals surface area contributed by atoms with E-state index in [1.807, 2.05) is 34.8 Å². The fraction of sp³-hybridized carbons (Fsp3) is 0.182. The molecular formula is C44H35FS2. The average Bonchev–Trinajstić information content (AvgIpc) is 3.86. The maximum atomic E-state index is 13.7. The van der Waals surface area contributed by atoms with Gasteiger partial charge >= 0.3 is 0 Å². The number of aryl methyl sites for hydroxylation is 2. The van der Waals surface area contributed by atoms with Crippen molar-refractivity contribution in [3.8, 4) is 75.1 Å². The van der Waals surface area contributed by atoms with Gasteiger partial charge in [0.1, 0.15) is 5.82 Å². The molecule has 0 nitrogen and oxygen atoms in total. The van der Waals surface area contributed by atoms with Gasteiger partial charge < -0.3 is 0 Å². The molecule has 0 atom stereocenters. The topological polar surface area (TPSA) is 0 Å². The highest BCUT2D eigenvalue weighted by Gasteiger charge is 2.35. The first kappa shape index (κ1) is 28.9. The zero-order chi connectivity index (χ0) is 31.6. The Hall–Kier alpha value is -4.31. The van der Waals surface area contributed by atoms with Crippen LogP contribution in [0, 0.1) is 5.82 Å². The maximum Gasteiger partial charge on any atom is 0.123 e. The van der Waals surface area contributed by atoms with Gasteiger partial charge in [0, 0.05) is 41.8 Å². The lowest BCUT2D eigenvalue weighted by molar-refractivity contribution is 0.628. The van der Waals surface area contributed by atoms with E-state index in [-0.39, 0.29) is 5.82 Å². The van der Waals surface area contributed by atoms with E-state index in [9.17, 15) is 4.39 Å². The number of halogens is 1. The van der Waals surface area contributed by atoms with Crippen molar-refractivity contribution in [3.05, 3.63) is 120 Å². The van der Waals surface area contributed by atoms with E-state index in [1.54, 1.807) is 12.1 Å². The summed E-state index contributed by atoms with van der Waals surface area (Å²) in [5.74, 6) is -0.197. The Morgan fingerprint density at radius 2 is 0.957 bits per heavy atom. The van der Waals surface area contributed by atoms with E-state index in [4.69, 9.17) is 0 Å². The summed E-state index contributed by atoms with van der Waals surface area (Å²) < 4.78 is 13.7. The number of hydrogen-bond acceptors (Lipinski definition) is 2. The fourth-order valence-electron chi connectivity index (χ4n) is 7.63. The highest BCUT2D eigenvalue weighted by atomic mass is 32.1. The zero-order valence-electron chi connectivity index (χ0n) is 26.8. The van der Waals surface area contributed by atoms with Gasteiger partial charge in [-0.1, -0.05) is 112 Å². The van der Waals surface area contributed by atoms with E-state index in [2.05, 4.69) is 92.7 Å². The molecular weight excluding hydrogens is 612 g/mol. The molecule has 0 fully saturated rings. The van der Waals surface area contributed by atoms with Gasteiger partial charge in [0.2, 0.25) is 0 Å². The SMILES string of the molecule is CCCCc1ccc(-c2sc(-c3ccc(CCCC)cc3)c3c2-c2ccc4c5c(ccc-3c25)-c2sc(-c3ccc(F)cc3)cc2-4)cc1. The zero-order valence-corrected chi connectivity index (χ0v) is 28.4. The maximum absolute atomic E-state index is 13.7. The lowest BCUT2D eigenvalue weighted by Gasteiger charge is -2.10. The van der Waals surface area contributed by atoms with Gasteiger partial charge in [-0.25, -0.2) is 4.39 Å². The first-order valence-electron chi connectivity index (χ1n) is 17.0. The van der Waals surface area contributed by atoms with Crippen molar-refractivity contribution in [3.63, 3.8) is 0 Å². The molecule has 0 spiro atoms. The van der Waals surface area contributed by atoms with Gasteiger partial charge in [-0.2, -0.15) is 0 Å². The molecule has 0 aliphatic heterocycles. The van der Waals surface area contributed by atoms with Crippen LogP contribution in [0.5, 0.6) is 0 Å². The van der Waals surface area contributed by atoms with Crippen molar-refractivity contribution in [2.75, 3.05) is 0 Å². The minimum Gasteiger partial charge on any atom is -0.207 e. The van der Waals surface area contributed by atoms with E-state index >= 15 is 0 Å². The van der Waals surface area contributed by atoms with Crippen LogP contribution in [-0.4, -0.2) is 0 Å². The highest BCUT2D eigenvalue weighted by Crippen LogP contribution is 2.63. The number of thiophene rings is 2. The van der Waals surface area contributed by atoms with Crippen LogP contribution in [0.3, 0.4) is 0 Å². The minimum atomic E-state index is -0.197. The number of rotatable bonds is 9. The Morgan fingerprint density at radius 3 is 1.51 bits per heavy atom. The average molecular weight is 647 g/mol. The van der Waals surface area contributed by atoms with Gasteiger partial charge in [-0.15, -0.1) is 22.7 Å². The van der Waals surface area contributed by atoms with Gasteiger partial charge in [0.25, 0.3) is 0 Å². The predicted molar refractivity (Wildman–Crippen MR) is 202 cm³/mol. The van der Waals surface area contributed by atoms with Crippen molar-refractivity contribution in [2.45, 2.75) is 52.4 Å². The standard InChI is InChI=1S/C44H35FS2/c1-3-5-7-26-9-13-29(14-10-26)42-40-33-22-21-32-36-25-37(28-17-19-31(45)20-18-28)46-44(36)35-24-23-34(39(33)38(32)35)41(40)43(47-42)30-15-11-27(12-16-30)8-6-4-2/h9-25H,3-8H2,1-2H3. The van der Waals surface area contributed by atoms with Crippen molar-refractivity contribution in [1.82, 2.24) is 0 Å². The molecule has 230 valence electrons. The molecule has 9 rings (SSSR count). The third-order valence-corrected chi connectivity index (χ3v) is 12.6. The largest absolute Gasteiger partial charge is 0.207 e. The summed E-state index contributed by atoms with van der Waals surface area (Å²) in [6.07, 6.45) is 7.16. The molecule has 0 N–H and O–H groups in total. The first-order chi connectivity index (χ1) is 23.1. The normalized spacial score (nSPS) is 12.2. The second-order valence-electron chi connectivity index (χ2n) is 13.0. The summed E-state index contributed by atoms with van der Waals surface area (Å²) in [5.41, 5.74) is 16.0. The molecule has 2 heterocycles. The third-order valence-electron chi connectivity index (χ3n) is 10.1. The number of benzene rings is 5. The summed E-state index contributed by atoms with van der Waals surface area (Å²) in [6.45, 7) is 4.52. The summed E-state index contributed by atoms with van der Waals surface area (Å²) in [6, 6.07) is 37.4. The molecule has 0 saturated heterocycles. The van der Waals surface area contributed by atoms with Crippen LogP contribution in [0.4, 0.5) is 4.39 Å². The summed E-state index contributed by atoms with van der Waals surface area (Å²) in [4.78, 5) is 5.24. The number of fused-ring (bicyclic) bond motifs is 6. The van der Waals surface area contributed by atoms with Crippen LogP contribution in [-0.2, 0) is 12.8 Å². The fourth-order valence-corrected chi connectivity index (χ4v) is 10.2. The first-order valence-corrected chi connectivity index (χ1v) is 18.6. The smallest absolute Gasteiger partial charge is 0.123 e. The van der Waals surface area contributed by atoms with Crippen LogP contribution in [0.1, 0.15) is 50.7 Å². The van der Waals surface area contributed by atoms with Crippen LogP contribution < -0.4 is 0 Å². The predicted octanol–water partition coefficient (Wildman–Crippen LogP) is 14.1. The van der Waals surface area contributed by atoms with Gasteiger partial charge in [-0.3, -0.25) is 0 Å². The Kier molecular flexibility index (Phi) is 7.03. The lowest BCUT2D eigenvalue weighted by Crippen LogP contribution is -1.85. The second-order valence-corrected chi connectivity index (χ2v) is 15.1. The molecule has 0 radical (unpaired) electrons. The van der Waals surface area contributed by atoms with Crippen LogP contribution in [0.15, 0.2) is 103 Å². The molecule has 0 unspecified atom stereocenters. The van der Waals surface area contributed by atoms with Crippen molar-refractivity contribution >= 4 is 33.4 Å². The van der Waals surface area contributed by atoms with Crippen LogP contribution in [0.25, 0.3) is 85.9 Å². The van der Waals surface area contributed by atoms with Crippen LogP contribution in [0.2, 0.25) is 0 Å². The molecule has 0 amide bonds. The van der Waals surface area contributed by atoms with Crippen molar-refractivity contribution in [2.24, 2.45) is 0 Å².